The summed E-state index contributed by atoms with van der Waals surface area (Å²) in [5, 5.41) is 0. The van der Waals surface area contributed by atoms with Gasteiger partial charge in [0.2, 0.25) is 0 Å². The lowest BCUT2D eigenvalue weighted by Gasteiger charge is -2.39. The number of amides is 1. The van der Waals surface area contributed by atoms with Gasteiger partial charge in [0.15, 0.2) is 0 Å². The fraction of sp³-hybridized carbons (Fsp3) is 0.235. The van der Waals surface area contributed by atoms with E-state index < -0.39 is 4.08 Å². The molecule has 1 amide bonds. The first-order valence-electron chi connectivity index (χ1n) is 6.83. The van der Waals surface area contributed by atoms with Gasteiger partial charge in [0, 0.05) is 4.90 Å². The summed E-state index contributed by atoms with van der Waals surface area (Å²) in [6.07, 6.45) is 2.00. The average Bonchev–Trinajstić information content (AvgIpc) is 2.53. The molecule has 2 aromatic rings. The molecule has 0 bridgehead atoms. The number of carbonyl (C=O) groups is 1. The van der Waals surface area contributed by atoms with E-state index in [2.05, 4.69) is 18.2 Å². The highest BCUT2D eigenvalue weighted by molar-refractivity contribution is 8.19. The number of nitrogens with zero attached hydrogens (tertiary/aromatic N) is 1. The van der Waals surface area contributed by atoms with Gasteiger partial charge >= 0.3 is 0 Å². The molecule has 1 atom stereocenters. The van der Waals surface area contributed by atoms with E-state index in [0.717, 1.165) is 11.3 Å². The summed E-state index contributed by atoms with van der Waals surface area (Å²) in [7, 11) is 0. The minimum atomic E-state index is -0.455. The average molecular weight is 315 g/mol. The van der Waals surface area contributed by atoms with Crippen molar-refractivity contribution >= 4 is 35.1 Å². The van der Waals surface area contributed by atoms with Gasteiger partial charge in [0.05, 0.1) is 12.2 Å². The van der Waals surface area contributed by atoms with Crippen LogP contribution in [0.15, 0.2) is 59.5 Å². The van der Waals surface area contributed by atoms with Crippen LogP contribution in [0.4, 0.5) is 5.69 Å². The quantitative estimate of drug-likeness (QED) is 0.837. The molecule has 0 radical (unpaired) electrons. The molecule has 2 aromatic carbocycles. The van der Waals surface area contributed by atoms with Crippen molar-refractivity contribution in [2.75, 3.05) is 11.2 Å². The topological polar surface area (TPSA) is 20.3 Å². The van der Waals surface area contributed by atoms with Crippen LogP contribution in [0, 0.1) is 0 Å². The Morgan fingerprint density at radius 1 is 1.10 bits per heavy atom. The Morgan fingerprint density at radius 3 is 2.48 bits per heavy atom. The lowest BCUT2D eigenvalue weighted by molar-refractivity contribution is -0.118. The molecule has 0 aliphatic carbocycles. The highest BCUT2D eigenvalue weighted by atomic mass is 32.2. The molecule has 1 aliphatic rings. The van der Waals surface area contributed by atoms with Crippen LogP contribution in [-0.4, -0.2) is 16.2 Å². The number of rotatable bonds is 3. The third-order valence-corrected chi connectivity index (χ3v) is 6.50. The van der Waals surface area contributed by atoms with E-state index in [0.29, 0.717) is 6.54 Å². The number of fused-ring (bicyclic) bond motifs is 1. The Labute approximate surface area is 133 Å². The van der Waals surface area contributed by atoms with E-state index in [1.54, 1.807) is 23.5 Å². The molecule has 0 saturated carbocycles. The second-order valence-electron chi connectivity index (χ2n) is 5.10. The zero-order valence-electron chi connectivity index (χ0n) is 12.1. The Bertz CT molecular complexity index is 659. The van der Waals surface area contributed by atoms with Gasteiger partial charge in [-0.1, -0.05) is 54.2 Å². The maximum absolute atomic E-state index is 12.9. The number of thioether (sulfide) groups is 2. The first-order valence-corrected chi connectivity index (χ1v) is 8.87. The molecule has 0 N–H and O–H groups in total. The smallest absolute Gasteiger partial charge is 0.253 e. The second kappa shape index (κ2) is 5.78. The van der Waals surface area contributed by atoms with Gasteiger partial charge in [-0.2, -0.15) is 0 Å². The maximum Gasteiger partial charge on any atom is 0.253 e. The molecule has 0 spiro atoms. The van der Waals surface area contributed by atoms with Crippen LogP contribution in [0.1, 0.15) is 12.5 Å². The highest BCUT2D eigenvalue weighted by Gasteiger charge is 2.42. The molecule has 0 fully saturated rings. The molecule has 0 aromatic heterocycles. The van der Waals surface area contributed by atoms with E-state index >= 15 is 0 Å². The van der Waals surface area contributed by atoms with Crippen molar-refractivity contribution in [3.05, 3.63) is 60.2 Å². The van der Waals surface area contributed by atoms with E-state index in [9.17, 15) is 4.79 Å². The van der Waals surface area contributed by atoms with Gasteiger partial charge < -0.3 is 4.90 Å². The summed E-state index contributed by atoms with van der Waals surface area (Å²) in [4.78, 5) is 16.0. The molecule has 3 rings (SSSR count). The molecule has 0 saturated heterocycles. The Kier molecular flexibility index (Phi) is 4.00. The van der Waals surface area contributed by atoms with Crippen LogP contribution in [0.2, 0.25) is 0 Å². The molecule has 1 heterocycles. The summed E-state index contributed by atoms with van der Waals surface area (Å²) in [5.41, 5.74) is 2.17. The number of para-hydroxylation sites is 1. The van der Waals surface area contributed by atoms with Crippen LogP contribution in [0.3, 0.4) is 0 Å². The fourth-order valence-electron chi connectivity index (χ4n) is 2.43. The summed E-state index contributed by atoms with van der Waals surface area (Å²) >= 11 is 3.26. The van der Waals surface area contributed by atoms with Gasteiger partial charge in [0.1, 0.15) is 4.08 Å². The maximum atomic E-state index is 12.9. The van der Waals surface area contributed by atoms with E-state index in [1.807, 2.05) is 54.5 Å². The van der Waals surface area contributed by atoms with Crippen LogP contribution < -0.4 is 4.90 Å². The van der Waals surface area contributed by atoms with Crippen molar-refractivity contribution in [1.82, 2.24) is 0 Å². The standard InChI is InChI=1S/C17H17NOS2/c1-17(20-2)16(19)18(12-13-8-4-3-5-9-13)14-10-6-7-11-15(14)21-17/h3-11H,12H2,1-2H3. The van der Waals surface area contributed by atoms with Gasteiger partial charge in [-0.15, -0.1) is 11.8 Å². The van der Waals surface area contributed by atoms with E-state index in [1.165, 1.54) is 4.90 Å². The first-order chi connectivity index (χ1) is 10.1. The van der Waals surface area contributed by atoms with Crippen molar-refractivity contribution in [3.63, 3.8) is 0 Å². The van der Waals surface area contributed by atoms with Crippen LogP contribution in [0.25, 0.3) is 0 Å². The van der Waals surface area contributed by atoms with E-state index in [-0.39, 0.29) is 5.91 Å². The van der Waals surface area contributed by atoms with Gasteiger partial charge in [0.25, 0.3) is 5.91 Å². The summed E-state index contributed by atoms with van der Waals surface area (Å²) in [6.45, 7) is 2.63. The summed E-state index contributed by atoms with van der Waals surface area (Å²) in [5.74, 6) is 0.169. The van der Waals surface area contributed by atoms with E-state index in [4.69, 9.17) is 0 Å². The Balaban J connectivity index is 2.02. The Morgan fingerprint density at radius 2 is 1.76 bits per heavy atom. The lowest BCUT2D eigenvalue weighted by Crippen LogP contribution is -2.45. The van der Waals surface area contributed by atoms with Gasteiger partial charge in [-0.3, -0.25) is 4.79 Å². The van der Waals surface area contributed by atoms with Crippen molar-refractivity contribution in [2.24, 2.45) is 0 Å². The molecule has 2 nitrogen and oxygen atoms in total. The fourth-order valence-corrected chi connectivity index (χ4v) is 4.36. The zero-order valence-corrected chi connectivity index (χ0v) is 13.7. The number of benzene rings is 2. The monoisotopic (exact) mass is 315 g/mol. The molecule has 1 aliphatic heterocycles. The van der Waals surface area contributed by atoms with Crippen molar-refractivity contribution in [3.8, 4) is 0 Å². The number of hydrogen-bond acceptors (Lipinski definition) is 3. The Hall–Kier alpha value is -1.39. The minimum Gasteiger partial charge on any atom is -0.305 e. The first kappa shape index (κ1) is 14.5. The highest BCUT2D eigenvalue weighted by Crippen LogP contribution is 2.50. The third kappa shape index (κ3) is 2.70. The molecule has 4 heteroatoms. The van der Waals surface area contributed by atoms with Crippen molar-refractivity contribution < 1.29 is 4.79 Å². The lowest BCUT2D eigenvalue weighted by atomic mass is 10.1. The third-order valence-electron chi connectivity index (χ3n) is 3.67. The largest absolute Gasteiger partial charge is 0.305 e. The number of hydrogen-bond donors (Lipinski definition) is 0. The normalized spacial score (nSPS) is 21.2. The predicted molar refractivity (Wildman–Crippen MR) is 91.9 cm³/mol. The number of anilines is 1. The molecular weight excluding hydrogens is 298 g/mol. The number of carbonyl (C=O) groups excluding carboxylic acids is 1. The molecule has 21 heavy (non-hydrogen) atoms. The second-order valence-corrected chi connectivity index (χ2v) is 8.04. The van der Waals surface area contributed by atoms with Gasteiger partial charge in [-0.25, -0.2) is 0 Å². The van der Waals surface area contributed by atoms with Crippen LogP contribution in [0.5, 0.6) is 0 Å². The summed E-state index contributed by atoms with van der Waals surface area (Å²) < 4.78 is -0.455. The van der Waals surface area contributed by atoms with Crippen molar-refractivity contribution in [1.29, 1.82) is 0 Å². The predicted octanol–water partition coefficient (Wildman–Crippen LogP) is 4.40. The molecule has 108 valence electrons. The van der Waals surface area contributed by atoms with Crippen molar-refractivity contribution in [2.45, 2.75) is 22.4 Å². The SMILES string of the molecule is CSC1(C)Sc2ccccc2N(Cc2ccccc2)C1=O. The van der Waals surface area contributed by atoms with Gasteiger partial charge in [-0.05, 0) is 30.9 Å². The minimum absolute atomic E-state index is 0.169. The molecular formula is C17H17NOS2. The molecule has 1 unspecified atom stereocenters. The van der Waals surface area contributed by atoms with Crippen LogP contribution >= 0.6 is 23.5 Å². The van der Waals surface area contributed by atoms with Crippen LogP contribution in [-0.2, 0) is 11.3 Å². The summed E-state index contributed by atoms with van der Waals surface area (Å²) in [6, 6.07) is 18.3. The zero-order chi connectivity index (χ0) is 14.9.